The van der Waals surface area contributed by atoms with Crippen molar-refractivity contribution in [3.05, 3.63) is 60.2 Å². The van der Waals surface area contributed by atoms with Crippen LogP contribution in [0.25, 0.3) is 0 Å². The molecule has 1 aliphatic rings. The van der Waals surface area contributed by atoms with Crippen molar-refractivity contribution in [2.75, 3.05) is 12.4 Å². The Morgan fingerprint density at radius 3 is 2.37 bits per heavy atom. The number of ether oxygens (including phenoxy) is 2. The van der Waals surface area contributed by atoms with E-state index in [1.165, 1.54) is 7.11 Å². The number of halogens is 2. The van der Waals surface area contributed by atoms with Gasteiger partial charge in [0.25, 0.3) is 5.91 Å². The number of methoxy groups -OCH3 is 1. The molecule has 5 nitrogen and oxygen atoms in total. The number of esters is 1. The highest BCUT2D eigenvalue weighted by Gasteiger charge is 2.69. The summed E-state index contributed by atoms with van der Waals surface area (Å²) in [7, 11) is 1.54. The average Bonchev–Trinajstić information content (AvgIpc) is 3.19. The number of nitrogens with one attached hydrogen (secondary N) is 1. The third-order valence-corrected chi connectivity index (χ3v) is 5.71. The van der Waals surface area contributed by atoms with Gasteiger partial charge in [-0.05, 0) is 19.1 Å². The first kappa shape index (κ1) is 19.5. The highest BCUT2D eigenvalue weighted by Crippen LogP contribution is 2.64. The quantitative estimate of drug-likeness (QED) is 0.565. The van der Waals surface area contributed by atoms with Gasteiger partial charge in [0.05, 0.1) is 7.11 Å². The smallest absolute Gasteiger partial charge is 0.316 e. The lowest BCUT2D eigenvalue weighted by atomic mass is 10.1. The molecule has 27 heavy (non-hydrogen) atoms. The fraction of sp³-hybridized carbons (Fsp3) is 0.300. The number of carbonyl (C=O) groups is 2. The number of hydrogen-bond donors (Lipinski definition) is 1. The molecule has 0 aromatic heterocycles. The summed E-state index contributed by atoms with van der Waals surface area (Å²) >= 11 is 12.1. The maximum absolute atomic E-state index is 12.9. The van der Waals surface area contributed by atoms with Crippen molar-refractivity contribution >= 4 is 40.8 Å². The van der Waals surface area contributed by atoms with Gasteiger partial charge < -0.3 is 14.8 Å². The average molecular weight is 408 g/mol. The van der Waals surface area contributed by atoms with Gasteiger partial charge in [0.1, 0.15) is 15.5 Å². The second-order valence-corrected chi connectivity index (χ2v) is 8.11. The third kappa shape index (κ3) is 4.04. The van der Waals surface area contributed by atoms with Gasteiger partial charge in [-0.3, -0.25) is 9.59 Å². The summed E-state index contributed by atoms with van der Waals surface area (Å²) in [6, 6.07) is 15.7. The van der Waals surface area contributed by atoms with Crippen LogP contribution >= 0.6 is 23.2 Å². The van der Waals surface area contributed by atoms with E-state index in [4.69, 9.17) is 32.7 Å². The van der Waals surface area contributed by atoms with Crippen LogP contribution in [-0.4, -0.2) is 23.3 Å². The second kappa shape index (κ2) is 7.41. The summed E-state index contributed by atoms with van der Waals surface area (Å²) in [4.78, 5) is 25.5. The molecule has 0 unspecified atom stereocenters. The molecule has 1 N–H and O–H groups in total. The maximum atomic E-state index is 12.9. The van der Waals surface area contributed by atoms with E-state index in [9.17, 15) is 9.59 Å². The Balaban J connectivity index is 1.82. The molecule has 1 aliphatic carbocycles. The van der Waals surface area contributed by atoms with Crippen LogP contribution in [-0.2, 0) is 14.3 Å². The molecule has 0 saturated heterocycles. The highest BCUT2D eigenvalue weighted by molar-refractivity contribution is 6.53. The van der Waals surface area contributed by atoms with E-state index in [2.05, 4.69) is 5.32 Å². The van der Waals surface area contributed by atoms with Crippen molar-refractivity contribution in [3.63, 3.8) is 0 Å². The summed E-state index contributed by atoms with van der Waals surface area (Å²) in [5.41, 5.74) is 0.0441. The highest BCUT2D eigenvalue weighted by atomic mass is 35.5. The van der Waals surface area contributed by atoms with E-state index in [-0.39, 0.29) is 6.42 Å². The lowest BCUT2D eigenvalue weighted by Gasteiger charge is -2.21. The van der Waals surface area contributed by atoms with E-state index in [0.29, 0.717) is 17.0 Å². The van der Waals surface area contributed by atoms with Crippen LogP contribution in [0.15, 0.2) is 54.6 Å². The molecule has 2 atom stereocenters. The predicted molar refractivity (Wildman–Crippen MR) is 104 cm³/mol. The summed E-state index contributed by atoms with van der Waals surface area (Å²) < 4.78 is 9.52. The molecule has 142 valence electrons. The zero-order chi connectivity index (χ0) is 19.7. The molecular formula is C20H19Cl2NO4. The predicted octanol–water partition coefficient (Wildman–Crippen LogP) is 4.50. The van der Waals surface area contributed by atoms with Crippen LogP contribution in [0.4, 0.5) is 5.69 Å². The van der Waals surface area contributed by atoms with Crippen LogP contribution in [0.5, 0.6) is 5.75 Å². The van der Waals surface area contributed by atoms with Crippen molar-refractivity contribution in [2.45, 2.75) is 23.8 Å². The van der Waals surface area contributed by atoms with E-state index < -0.39 is 27.7 Å². The van der Waals surface area contributed by atoms with Crippen LogP contribution in [0, 0.1) is 5.41 Å². The maximum Gasteiger partial charge on any atom is 0.316 e. The molecular weight excluding hydrogens is 389 g/mol. The van der Waals surface area contributed by atoms with E-state index >= 15 is 0 Å². The van der Waals surface area contributed by atoms with Gasteiger partial charge in [-0.2, -0.15) is 0 Å². The third-order valence-electron chi connectivity index (χ3n) is 4.61. The molecule has 7 heteroatoms. The van der Waals surface area contributed by atoms with Crippen molar-refractivity contribution < 1.29 is 19.1 Å². The fourth-order valence-corrected chi connectivity index (χ4v) is 3.36. The van der Waals surface area contributed by atoms with Crippen LogP contribution in [0.3, 0.4) is 0 Å². The minimum Gasteiger partial charge on any atom is -0.497 e. The van der Waals surface area contributed by atoms with Gasteiger partial charge in [0.15, 0.2) is 0 Å². The molecule has 3 rings (SSSR count). The number of benzene rings is 2. The fourth-order valence-electron chi connectivity index (χ4n) is 2.67. The van der Waals surface area contributed by atoms with E-state index in [1.807, 2.05) is 6.07 Å². The number of amides is 1. The standard InChI is InChI=1S/C20H19Cl2NO4/c1-19(12-20(19,21)22)18(25)27-16(13-7-4-3-5-8-13)17(24)23-14-9-6-10-15(11-14)26-2/h3-11,16H,12H2,1-2H3,(H,23,24)/t16-,19-/m1/s1. The van der Waals surface area contributed by atoms with Crippen LogP contribution in [0.2, 0.25) is 0 Å². The first-order valence-corrected chi connectivity index (χ1v) is 9.11. The first-order chi connectivity index (χ1) is 12.8. The Bertz CT molecular complexity index is 856. The van der Waals surface area contributed by atoms with Gasteiger partial charge in [0.2, 0.25) is 6.10 Å². The van der Waals surface area contributed by atoms with Gasteiger partial charge in [-0.15, -0.1) is 23.2 Å². The Morgan fingerprint density at radius 2 is 1.78 bits per heavy atom. The number of anilines is 1. The summed E-state index contributed by atoms with van der Waals surface area (Å²) in [5.74, 6) is -0.496. The molecule has 2 aromatic rings. The molecule has 2 aromatic carbocycles. The van der Waals surface area contributed by atoms with E-state index in [0.717, 1.165) is 0 Å². The minimum atomic E-state index is -1.17. The Hall–Kier alpha value is -2.24. The Labute approximate surface area is 167 Å². The van der Waals surface area contributed by atoms with Crippen molar-refractivity contribution in [3.8, 4) is 5.75 Å². The van der Waals surface area contributed by atoms with Crippen molar-refractivity contribution in [1.29, 1.82) is 0 Å². The molecule has 0 bridgehead atoms. The Kier molecular flexibility index (Phi) is 5.36. The first-order valence-electron chi connectivity index (χ1n) is 8.35. The van der Waals surface area contributed by atoms with Gasteiger partial charge in [-0.25, -0.2) is 0 Å². The SMILES string of the molecule is COc1cccc(NC(=O)[C@H](OC(=O)[C@@]2(C)CC2(Cl)Cl)c2ccccc2)c1. The summed E-state index contributed by atoms with van der Waals surface area (Å²) in [6.07, 6.45) is -0.854. The van der Waals surface area contributed by atoms with Crippen molar-refractivity contribution in [2.24, 2.45) is 5.41 Å². The molecule has 0 heterocycles. The second-order valence-electron chi connectivity index (χ2n) is 6.63. The zero-order valence-corrected chi connectivity index (χ0v) is 16.4. The summed E-state index contributed by atoms with van der Waals surface area (Å²) in [6.45, 7) is 1.62. The van der Waals surface area contributed by atoms with Gasteiger partial charge >= 0.3 is 5.97 Å². The normalized spacial score (nSPS) is 21.0. The van der Waals surface area contributed by atoms with E-state index in [1.54, 1.807) is 55.5 Å². The van der Waals surface area contributed by atoms with Gasteiger partial charge in [0, 0.05) is 23.7 Å². The van der Waals surface area contributed by atoms with Crippen molar-refractivity contribution in [1.82, 2.24) is 0 Å². The molecule has 0 aliphatic heterocycles. The van der Waals surface area contributed by atoms with Crippen LogP contribution < -0.4 is 10.1 Å². The lowest BCUT2D eigenvalue weighted by Crippen LogP contribution is -2.30. The Morgan fingerprint density at radius 1 is 1.11 bits per heavy atom. The van der Waals surface area contributed by atoms with Gasteiger partial charge in [-0.1, -0.05) is 36.4 Å². The largest absolute Gasteiger partial charge is 0.497 e. The molecule has 1 amide bonds. The molecule has 0 radical (unpaired) electrons. The minimum absolute atomic E-state index is 0.279. The monoisotopic (exact) mass is 407 g/mol. The number of hydrogen-bond acceptors (Lipinski definition) is 4. The topological polar surface area (TPSA) is 64.6 Å². The number of carbonyl (C=O) groups excluding carboxylic acids is 2. The molecule has 0 spiro atoms. The zero-order valence-electron chi connectivity index (χ0n) is 14.9. The number of rotatable bonds is 6. The van der Waals surface area contributed by atoms with Crippen LogP contribution in [0.1, 0.15) is 25.0 Å². The summed E-state index contributed by atoms with van der Waals surface area (Å²) in [5, 5.41) is 2.75. The number of alkyl halides is 2. The molecule has 1 fully saturated rings. The lowest BCUT2D eigenvalue weighted by molar-refractivity contribution is -0.159. The molecule has 1 saturated carbocycles.